The molecule has 0 aliphatic heterocycles. The smallest absolute Gasteiger partial charge is 0.232 e. The van der Waals surface area contributed by atoms with Gasteiger partial charge in [-0.3, -0.25) is 0 Å². The Morgan fingerprint density at radius 3 is 2.28 bits per heavy atom. The van der Waals surface area contributed by atoms with Crippen LogP contribution in [0.2, 0.25) is 0 Å². The zero-order chi connectivity index (χ0) is 14.0. The van der Waals surface area contributed by atoms with Gasteiger partial charge in [0.25, 0.3) is 0 Å². The van der Waals surface area contributed by atoms with Crippen LogP contribution in [0.1, 0.15) is 12.5 Å². The number of primary sulfonamides is 1. The minimum Gasteiger partial charge on any atom is -0.232 e. The van der Waals surface area contributed by atoms with Crippen LogP contribution in [-0.4, -0.2) is 23.4 Å². The topological polar surface area (TPSA) is 126 Å². The standard InChI is InChI=1S/C9H13N2O5S2/c1-2-11-18(15,16)8-4-3-7(6-12)9(5-8)17(10,13)14/h3-5,11H,2,6H2,1H3,(H2,10,13,14). The highest BCUT2D eigenvalue weighted by Crippen LogP contribution is 2.19. The normalized spacial score (nSPS) is 12.6. The highest BCUT2D eigenvalue weighted by atomic mass is 32.2. The van der Waals surface area contributed by atoms with Crippen molar-refractivity contribution < 1.29 is 21.9 Å². The van der Waals surface area contributed by atoms with Gasteiger partial charge in [0.15, 0.2) is 0 Å². The van der Waals surface area contributed by atoms with Crippen molar-refractivity contribution in [3.8, 4) is 0 Å². The predicted octanol–water partition coefficient (Wildman–Crippen LogP) is -0.437. The Labute approximate surface area is 106 Å². The Morgan fingerprint density at radius 1 is 1.22 bits per heavy atom. The van der Waals surface area contributed by atoms with Crippen LogP contribution >= 0.6 is 0 Å². The summed E-state index contributed by atoms with van der Waals surface area (Å²) in [6, 6.07) is 3.21. The number of hydrogen-bond donors (Lipinski definition) is 2. The van der Waals surface area contributed by atoms with E-state index in [1.807, 2.05) is 0 Å². The second-order valence-corrected chi connectivity index (χ2v) is 6.76. The minimum absolute atomic E-state index is 0.0621. The van der Waals surface area contributed by atoms with Crippen LogP contribution in [0.4, 0.5) is 0 Å². The largest absolute Gasteiger partial charge is 0.240 e. The van der Waals surface area contributed by atoms with Crippen molar-refractivity contribution in [2.45, 2.75) is 23.3 Å². The van der Waals surface area contributed by atoms with E-state index >= 15 is 0 Å². The second kappa shape index (κ2) is 5.33. The molecule has 1 radical (unpaired) electrons. The molecule has 0 amide bonds. The van der Waals surface area contributed by atoms with E-state index in [0.29, 0.717) is 0 Å². The molecule has 0 aliphatic rings. The minimum atomic E-state index is -4.14. The molecule has 3 N–H and O–H groups in total. The number of hydrogen-bond acceptors (Lipinski definition) is 4. The summed E-state index contributed by atoms with van der Waals surface area (Å²) in [5.74, 6) is 0. The zero-order valence-corrected chi connectivity index (χ0v) is 11.2. The average Bonchev–Trinajstić information content (AvgIpc) is 2.27. The number of nitrogens with two attached hydrogens (primary N) is 1. The number of sulfonamides is 2. The monoisotopic (exact) mass is 293 g/mol. The lowest BCUT2D eigenvalue weighted by molar-refractivity contribution is 0.175. The van der Waals surface area contributed by atoms with Gasteiger partial charge < -0.3 is 0 Å². The third-order valence-corrected chi connectivity index (χ3v) is 4.68. The molecule has 1 rings (SSSR count). The molecule has 9 heteroatoms. The molecular formula is C9H13N2O5S2. The second-order valence-electron chi connectivity index (χ2n) is 3.46. The van der Waals surface area contributed by atoms with Gasteiger partial charge in [-0.15, -0.1) is 0 Å². The molecule has 0 fully saturated rings. The summed E-state index contributed by atoms with van der Waals surface area (Å²) >= 11 is 0. The van der Waals surface area contributed by atoms with Crippen LogP contribution in [0, 0.1) is 0 Å². The van der Waals surface area contributed by atoms with Crippen molar-refractivity contribution in [1.82, 2.24) is 4.72 Å². The van der Waals surface area contributed by atoms with E-state index in [1.54, 1.807) is 6.92 Å². The van der Waals surface area contributed by atoms with Gasteiger partial charge in [-0.05, 0) is 12.1 Å². The van der Waals surface area contributed by atoms with Gasteiger partial charge in [0, 0.05) is 12.1 Å². The van der Waals surface area contributed by atoms with Crippen LogP contribution in [0.15, 0.2) is 28.0 Å². The fourth-order valence-electron chi connectivity index (χ4n) is 1.36. The molecule has 0 bridgehead atoms. The van der Waals surface area contributed by atoms with Crippen molar-refractivity contribution >= 4 is 20.0 Å². The van der Waals surface area contributed by atoms with Crippen LogP contribution < -0.4 is 9.86 Å². The zero-order valence-electron chi connectivity index (χ0n) is 9.58. The SMILES string of the molecule is CCNS(=O)(=O)c1ccc(C[O])c(S(N)(=O)=O)c1. The molecule has 1 aromatic rings. The first kappa shape index (κ1) is 15.1. The van der Waals surface area contributed by atoms with E-state index in [2.05, 4.69) is 4.72 Å². The van der Waals surface area contributed by atoms with Gasteiger partial charge in [-0.2, -0.15) is 0 Å². The molecule has 0 saturated heterocycles. The summed E-state index contributed by atoms with van der Waals surface area (Å²) in [5.41, 5.74) is -0.0621. The van der Waals surface area contributed by atoms with Crippen molar-refractivity contribution in [2.24, 2.45) is 5.14 Å². The van der Waals surface area contributed by atoms with Crippen molar-refractivity contribution in [3.05, 3.63) is 23.8 Å². The predicted molar refractivity (Wildman–Crippen MR) is 63.1 cm³/mol. The molecular weight excluding hydrogens is 280 g/mol. The molecule has 0 aromatic heterocycles. The molecule has 7 nitrogen and oxygen atoms in total. The van der Waals surface area contributed by atoms with Gasteiger partial charge in [0.05, 0.1) is 9.79 Å². The van der Waals surface area contributed by atoms with E-state index < -0.39 is 31.5 Å². The van der Waals surface area contributed by atoms with E-state index in [4.69, 9.17) is 5.14 Å². The quantitative estimate of drug-likeness (QED) is 0.763. The number of nitrogens with one attached hydrogen (secondary N) is 1. The third-order valence-electron chi connectivity index (χ3n) is 2.15. The van der Waals surface area contributed by atoms with Crippen LogP contribution in [0.25, 0.3) is 0 Å². The van der Waals surface area contributed by atoms with Gasteiger partial charge in [0.1, 0.15) is 6.61 Å². The van der Waals surface area contributed by atoms with Gasteiger partial charge in [0.2, 0.25) is 20.0 Å². The van der Waals surface area contributed by atoms with Crippen molar-refractivity contribution in [2.75, 3.05) is 6.54 Å². The average molecular weight is 293 g/mol. The summed E-state index contributed by atoms with van der Waals surface area (Å²) < 4.78 is 48.1. The van der Waals surface area contributed by atoms with E-state index in [1.165, 1.54) is 6.07 Å². The molecule has 0 unspecified atom stereocenters. The lowest BCUT2D eigenvalue weighted by Crippen LogP contribution is -2.24. The highest BCUT2D eigenvalue weighted by molar-refractivity contribution is 7.90. The molecule has 18 heavy (non-hydrogen) atoms. The third kappa shape index (κ3) is 3.27. The van der Waals surface area contributed by atoms with Crippen LogP contribution in [0.3, 0.4) is 0 Å². The molecule has 0 atom stereocenters. The molecule has 0 aliphatic carbocycles. The van der Waals surface area contributed by atoms with Crippen molar-refractivity contribution in [1.29, 1.82) is 0 Å². The Kier molecular flexibility index (Phi) is 4.46. The maximum absolute atomic E-state index is 11.7. The van der Waals surface area contributed by atoms with Gasteiger partial charge in [-0.25, -0.2) is 31.8 Å². The fraction of sp³-hybridized carbons (Fsp3) is 0.333. The molecule has 101 valence electrons. The van der Waals surface area contributed by atoms with Crippen LogP contribution in [-0.2, 0) is 31.8 Å². The van der Waals surface area contributed by atoms with E-state index in [0.717, 1.165) is 12.1 Å². The highest BCUT2D eigenvalue weighted by Gasteiger charge is 2.20. The van der Waals surface area contributed by atoms with Crippen LogP contribution in [0.5, 0.6) is 0 Å². The Morgan fingerprint density at radius 2 is 1.83 bits per heavy atom. The molecule has 0 saturated carbocycles. The summed E-state index contributed by atoms with van der Waals surface area (Å²) in [7, 11) is -7.93. The Hall–Kier alpha value is -1.00. The maximum Gasteiger partial charge on any atom is 0.240 e. The first-order valence-electron chi connectivity index (χ1n) is 4.96. The Bertz CT molecular complexity index is 637. The molecule has 0 spiro atoms. The first-order chi connectivity index (χ1) is 8.22. The van der Waals surface area contributed by atoms with Crippen molar-refractivity contribution in [3.63, 3.8) is 0 Å². The van der Waals surface area contributed by atoms with E-state index in [-0.39, 0.29) is 17.0 Å². The Balaban J connectivity index is 3.46. The summed E-state index contributed by atoms with van der Waals surface area (Å²) in [5, 5.41) is 15.7. The first-order valence-corrected chi connectivity index (χ1v) is 7.99. The molecule has 1 aromatic carbocycles. The van der Waals surface area contributed by atoms with Gasteiger partial charge in [-0.1, -0.05) is 13.0 Å². The number of rotatable bonds is 5. The number of benzene rings is 1. The fourth-order valence-corrected chi connectivity index (χ4v) is 3.28. The van der Waals surface area contributed by atoms with E-state index in [9.17, 15) is 21.9 Å². The summed E-state index contributed by atoms with van der Waals surface area (Å²) in [4.78, 5) is -0.706. The van der Waals surface area contributed by atoms with Gasteiger partial charge >= 0.3 is 0 Å². The summed E-state index contributed by atoms with van der Waals surface area (Å²) in [6.07, 6.45) is 0. The maximum atomic E-state index is 11.7. The lowest BCUT2D eigenvalue weighted by atomic mass is 10.2. The summed E-state index contributed by atoms with van der Waals surface area (Å²) in [6.45, 7) is 0.952. The lowest BCUT2D eigenvalue weighted by Gasteiger charge is -2.09. The molecule has 0 heterocycles.